The van der Waals surface area contributed by atoms with E-state index in [4.69, 9.17) is 0 Å². The topological polar surface area (TPSA) is 96.5 Å². The lowest BCUT2D eigenvalue weighted by atomic mass is 10.0. The average molecular weight is 285 g/mol. The summed E-state index contributed by atoms with van der Waals surface area (Å²) < 4.78 is 4.50. The number of methoxy groups -OCH3 is 1. The molecule has 0 bridgehead atoms. The third-order valence-electron chi connectivity index (χ3n) is 3.30. The fourth-order valence-electron chi connectivity index (χ4n) is 1.96. The molecule has 3 N–H and O–H groups in total. The van der Waals surface area contributed by atoms with Crippen LogP contribution in [0.3, 0.4) is 0 Å². The highest BCUT2D eigenvalue weighted by Gasteiger charge is 2.44. The minimum absolute atomic E-state index is 0.0648. The minimum atomic E-state index is -0.657. The molecular formula is C13H23N3O4. The van der Waals surface area contributed by atoms with Gasteiger partial charge in [-0.1, -0.05) is 13.8 Å². The molecule has 0 aliphatic heterocycles. The van der Waals surface area contributed by atoms with Gasteiger partial charge in [0.2, 0.25) is 11.8 Å². The van der Waals surface area contributed by atoms with Gasteiger partial charge in [0.1, 0.15) is 6.04 Å². The highest BCUT2D eigenvalue weighted by molar-refractivity contribution is 5.86. The van der Waals surface area contributed by atoms with Gasteiger partial charge < -0.3 is 20.7 Å². The molecule has 0 aromatic heterocycles. The number of rotatable bonds is 6. The van der Waals surface area contributed by atoms with E-state index in [0.29, 0.717) is 6.54 Å². The zero-order valence-electron chi connectivity index (χ0n) is 12.4. The molecule has 20 heavy (non-hydrogen) atoms. The van der Waals surface area contributed by atoms with Gasteiger partial charge in [0, 0.05) is 13.5 Å². The second-order valence-electron chi connectivity index (χ2n) is 5.54. The summed E-state index contributed by atoms with van der Waals surface area (Å²) in [5.41, 5.74) is -0.311. The van der Waals surface area contributed by atoms with Crippen molar-refractivity contribution >= 4 is 17.9 Å². The van der Waals surface area contributed by atoms with E-state index in [1.807, 2.05) is 13.8 Å². The van der Waals surface area contributed by atoms with Crippen molar-refractivity contribution in [3.8, 4) is 0 Å². The van der Waals surface area contributed by atoms with Gasteiger partial charge in [-0.05, 0) is 18.8 Å². The summed E-state index contributed by atoms with van der Waals surface area (Å²) in [5.74, 6) is -0.447. The molecule has 1 aliphatic carbocycles. The lowest BCUT2D eigenvalue weighted by Gasteiger charge is -2.23. The van der Waals surface area contributed by atoms with Crippen molar-refractivity contribution in [2.75, 3.05) is 13.7 Å². The number of amides is 3. The number of carbonyl (C=O) groups excluding carboxylic acids is 3. The smallest absolute Gasteiger partial charge is 0.407 e. The van der Waals surface area contributed by atoms with Crippen molar-refractivity contribution in [1.82, 2.24) is 16.0 Å². The van der Waals surface area contributed by atoms with Crippen LogP contribution in [0.25, 0.3) is 0 Å². The maximum atomic E-state index is 12.1. The quantitative estimate of drug-likeness (QED) is 0.647. The average Bonchev–Trinajstić information content (AvgIpc) is 3.11. The Bertz CT molecular complexity index is 391. The minimum Gasteiger partial charge on any atom is -0.453 e. The van der Waals surface area contributed by atoms with Crippen LogP contribution in [0.5, 0.6) is 0 Å². The Morgan fingerprint density at radius 3 is 2.25 bits per heavy atom. The van der Waals surface area contributed by atoms with Gasteiger partial charge in [-0.3, -0.25) is 9.59 Å². The van der Waals surface area contributed by atoms with Crippen LogP contribution in [0.4, 0.5) is 4.79 Å². The van der Waals surface area contributed by atoms with Crippen LogP contribution >= 0.6 is 0 Å². The molecule has 0 saturated heterocycles. The SMILES string of the molecule is COC(=O)N[C@H](C(=O)NCC1(NC(C)=O)CC1)C(C)C. The summed E-state index contributed by atoms with van der Waals surface area (Å²) in [6.07, 6.45) is 1.06. The van der Waals surface area contributed by atoms with Crippen LogP contribution in [0.2, 0.25) is 0 Å². The molecule has 0 heterocycles. The van der Waals surface area contributed by atoms with Crippen LogP contribution < -0.4 is 16.0 Å². The van der Waals surface area contributed by atoms with E-state index >= 15 is 0 Å². The van der Waals surface area contributed by atoms with Gasteiger partial charge in [0.25, 0.3) is 0 Å². The molecule has 0 radical (unpaired) electrons. The zero-order valence-corrected chi connectivity index (χ0v) is 12.4. The van der Waals surface area contributed by atoms with E-state index in [1.165, 1.54) is 14.0 Å². The second-order valence-corrected chi connectivity index (χ2v) is 5.54. The molecule has 1 rings (SSSR count). The lowest BCUT2D eigenvalue weighted by Crippen LogP contribution is -2.53. The molecule has 1 aliphatic rings. The standard InChI is InChI=1S/C13H23N3O4/c1-8(2)10(15-12(19)20-4)11(18)14-7-13(5-6-13)16-9(3)17/h8,10H,5-7H2,1-4H3,(H,14,18)(H,15,19)(H,16,17)/t10-/m0/s1. The summed E-state index contributed by atoms with van der Waals surface area (Å²) in [6.45, 7) is 5.50. The van der Waals surface area contributed by atoms with Crippen LogP contribution in [0, 0.1) is 5.92 Å². The largest absolute Gasteiger partial charge is 0.453 e. The number of hydrogen-bond acceptors (Lipinski definition) is 4. The number of ether oxygens (including phenoxy) is 1. The van der Waals surface area contributed by atoms with E-state index < -0.39 is 12.1 Å². The van der Waals surface area contributed by atoms with E-state index in [1.54, 1.807) is 0 Å². The molecule has 1 saturated carbocycles. The molecular weight excluding hydrogens is 262 g/mol. The first-order valence-corrected chi connectivity index (χ1v) is 6.70. The summed E-state index contributed by atoms with van der Waals surface area (Å²) in [7, 11) is 1.25. The molecule has 114 valence electrons. The predicted molar refractivity (Wildman–Crippen MR) is 73.0 cm³/mol. The summed E-state index contributed by atoms with van der Waals surface area (Å²) in [5, 5.41) is 8.12. The molecule has 1 atom stereocenters. The molecule has 3 amide bonds. The van der Waals surface area contributed by atoms with Crippen molar-refractivity contribution in [2.45, 2.75) is 45.2 Å². The summed E-state index contributed by atoms with van der Waals surface area (Å²) in [4.78, 5) is 34.4. The predicted octanol–water partition coefficient (Wildman–Crippen LogP) is 0.152. The molecule has 0 aromatic rings. The Morgan fingerprint density at radius 2 is 1.85 bits per heavy atom. The van der Waals surface area contributed by atoms with Crippen molar-refractivity contribution < 1.29 is 19.1 Å². The van der Waals surface area contributed by atoms with Crippen molar-refractivity contribution in [1.29, 1.82) is 0 Å². The monoisotopic (exact) mass is 285 g/mol. The van der Waals surface area contributed by atoms with Crippen molar-refractivity contribution in [3.63, 3.8) is 0 Å². The molecule has 0 unspecified atom stereocenters. The van der Waals surface area contributed by atoms with Crippen molar-refractivity contribution in [2.24, 2.45) is 5.92 Å². The summed E-state index contributed by atoms with van der Waals surface area (Å²) >= 11 is 0. The van der Waals surface area contributed by atoms with E-state index in [2.05, 4.69) is 20.7 Å². The van der Waals surface area contributed by atoms with Crippen LogP contribution in [0.1, 0.15) is 33.6 Å². The van der Waals surface area contributed by atoms with Gasteiger partial charge >= 0.3 is 6.09 Å². The first kappa shape index (κ1) is 16.3. The summed E-state index contributed by atoms with van der Waals surface area (Å²) in [6, 6.07) is -0.657. The Kier molecular flexibility index (Phi) is 5.35. The number of carbonyl (C=O) groups is 3. The van der Waals surface area contributed by atoms with E-state index in [0.717, 1.165) is 12.8 Å². The molecule has 0 spiro atoms. The molecule has 1 fully saturated rings. The number of alkyl carbamates (subject to hydrolysis) is 1. The number of nitrogens with one attached hydrogen (secondary N) is 3. The Labute approximate surface area is 118 Å². The molecule has 0 aromatic carbocycles. The Balaban J connectivity index is 2.50. The highest BCUT2D eigenvalue weighted by Crippen LogP contribution is 2.34. The van der Waals surface area contributed by atoms with E-state index in [9.17, 15) is 14.4 Å². The Morgan fingerprint density at radius 1 is 1.25 bits per heavy atom. The van der Waals surface area contributed by atoms with Crippen LogP contribution in [-0.2, 0) is 14.3 Å². The van der Waals surface area contributed by atoms with Crippen LogP contribution in [0.15, 0.2) is 0 Å². The van der Waals surface area contributed by atoms with Crippen LogP contribution in [-0.4, -0.2) is 43.1 Å². The molecule has 7 heteroatoms. The first-order chi connectivity index (χ1) is 9.29. The third kappa shape index (κ3) is 4.71. The lowest BCUT2D eigenvalue weighted by molar-refractivity contribution is -0.125. The Hall–Kier alpha value is -1.79. The highest BCUT2D eigenvalue weighted by atomic mass is 16.5. The fraction of sp³-hybridized carbons (Fsp3) is 0.769. The van der Waals surface area contributed by atoms with E-state index in [-0.39, 0.29) is 23.3 Å². The van der Waals surface area contributed by atoms with Gasteiger partial charge in [-0.25, -0.2) is 4.79 Å². The van der Waals surface area contributed by atoms with Crippen molar-refractivity contribution in [3.05, 3.63) is 0 Å². The van der Waals surface area contributed by atoms with Gasteiger partial charge in [-0.2, -0.15) is 0 Å². The zero-order chi connectivity index (χ0) is 15.3. The first-order valence-electron chi connectivity index (χ1n) is 6.70. The van der Waals surface area contributed by atoms with Gasteiger partial charge in [0.15, 0.2) is 0 Å². The van der Waals surface area contributed by atoms with Gasteiger partial charge in [-0.15, -0.1) is 0 Å². The maximum Gasteiger partial charge on any atom is 0.407 e. The maximum absolute atomic E-state index is 12.1. The third-order valence-corrected chi connectivity index (χ3v) is 3.30. The fourth-order valence-corrected chi connectivity index (χ4v) is 1.96. The second kappa shape index (κ2) is 6.58. The normalized spacial score (nSPS) is 17.1. The number of hydrogen-bond donors (Lipinski definition) is 3. The molecule has 7 nitrogen and oxygen atoms in total. The van der Waals surface area contributed by atoms with Gasteiger partial charge in [0.05, 0.1) is 12.6 Å².